The van der Waals surface area contributed by atoms with Crippen molar-refractivity contribution in [3.63, 3.8) is 0 Å². The number of nitrogens with one attached hydrogen (secondary N) is 1. The van der Waals surface area contributed by atoms with E-state index in [9.17, 15) is 18.0 Å². The van der Waals surface area contributed by atoms with Crippen LogP contribution in [0.1, 0.15) is 47.9 Å². The van der Waals surface area contributed by atoms with E-state index in [-0.39, 0.29) is 18.5 Å². The fraction of sp³-hybridized carbons (Fsp3) is 0.375. The third-order valence-corrected chi connectivity index (χ3v) is 9.15. The fourth-order valence-electron chi connectivity index (χ4n) is 5.34. The molecule has 0 aliphatic heterocycles. The predicted octanol–water partition coefficient (Wildman–Crippen LogP) is 5.53. The topological polar surface area (TPSA) is 86.8 Å². The monoisotopic (exact) mass is 639 g/mol. The van der Waals surface area contributed by atoms with Crippen molar-refractivity contribution in [2.24, 2.45) is 0 Å². The van der Waals surface area contributed by atoms with E-state index in [1.54, 1.807) is 11.0 Å². The molecule has 1 atom stereocenters. The zero-order chi connectivity index (χ0) is 29.6. The normalized spacial score (nSPS) is 14.4. The van der Waals surface area contributed by atoms with Gasteiger partial charge < -0.3 is 10.2 Å². The molecule has 0 aromatic heterocycles. The fourth-order valence-corrected chi connectivity index (χ4v) is 6.68. The van der Waals surface area contributed by atoms with Crippen LogP contribution in [-0.4, -0.2) is 50.0 Å². The highest BCUT2D eigenvalue weighted by atomic mass is 79.9. The Morgan fingerprint density at radius 3 is 2.29 bits per heavy atom. The van der Waals surface area contributed by atoms with Crippen LogP contribution >= 0.6 is 15.9 Å². The Morgan fingerprint density at radius 2 is 1.63 bits per heavy atom. The maximum absolute atomic E-state index is 14.3. The Bertz CT molecular complexity index is 1470. The first-order valence-electron chi connectivity index (χ1n) is 13.9. The minimum absolute atomic E-state index is 0.0751. The van der Waals surface area contributed by atoms with Crippen molar-refractivity contribution in [3.05, 3.63) is 99.5 Å². The highest BCUT2D eigenvalue weighted by molar-refractivity contribution is 9.10. The molecular weight excluding hydrogens is 602 g/mol. The molecule has 4 rings (SSSR count). The molecule has 0 radical (unpaired) electrons. The van der Waals surface area contributed by atoms with Gasteiger partial charge in [-0.3, -0.25) is 13.9 Å². The summed E-state index contributed by atoms with van der Waals surface area (Å²) in [5.41, 5.74) is 3.83. The quantitative estimate of drug-likeness (QED) is 0.299. The van der Waals surface area contributed by atoms with E-state index in [1.165, 1.54) is 0 Å². The van der Waals surface area contributed by atoms with Gasteiger partial charge in [0.2, 0.25) is 21.8 Å². The van der Waals surface area contributed by atoms with Gasteiger partial charge in [-0.15, -0.1) is 0 Å². The van der Waals surface area contributed by atoms with Crippen molar-refractivity contribution < 1.29 is 18.0 Å². The predicted molar refractivity (Wildman–Crippen MR) is 167 cm³/mol. The molecule has 0 heterocycles. The second-order valence-electron chi connectivity index (χ2n) is 10.9. The lowest BCUT2D eigenvalue weighted by atomic mass is 10.0. The summed E-state index contributed by atoms with van der Waals surface area (Å²) < 4.78 is 28.1. The molecule has 1 N–H and O–H groups in total. The molecule has 9 heteroatoms. The summed E-state index contributed by atoms with van der Waals surface area (Å²) in [6.45, 7) is 3.44. The van der Waals surface area contributed by atoms with Crippen LogP contribution in [0.2, 0.25) is 0 Å². The molecule has 41 heavy (non-hydrogen) atoms. The van der Waals surface area contributed by atoms with E-state index in [1.807, 2.05) is 80.6 Å². The molecule has 0 spiro atoms. The Kier molecular flexibility index (Phi) is 10.3. The number of carbonyl (C=O) groups is 2. The number of carbonyl (C=O) groups excluding carboxylic acids is 2. The second kappa shape index (κ2) is 13.7. The summed E-state index contributed by atoms with van der Waals surface area (Å²) in [5, 5.41) is 3.19. The van der Waals surface area contributed by atoms with E-state index in [0.717, 1.165) is 63.0 Å². The van der Waals surface area contributed by atoms with Crippen LogP contribution in [-0.2, 0) is 32.6 Å². The lowest BCUT2D eigenvalue weighted by Crippen LogP contribution is -2.54. The number of nitrogens with zero attached hydrogens (tertiary/aromatic N) is 2. The number of anilines is 1. The van der Waals surface area contributed by atoms with E-state index in [2.05, 4.69) is 21.2 Å². The van der Waals surface area contributed by atoms with Gasteiger partial charge >= 0.3 is 0 Å². The van der Waals surface area contributed by atoms with Crippen LogP contribution in [0.25, 0.3) is 0 Å². The van der Waals surface area contributed by atoms with Gasteiger partial charge in [0.25, 0.3) is 0 Å². The number of benzene rings is 3. The van der Waals surface area contributed by atoms with Crippen molar-refractivity contribution in [2.45, 2.75) is 64.6 Å². The Labute approximate surface area is 252 Å². The average molecular weight is 641 g/mol. The third kappa shape index (κ3) is 8.42. The number of halogens is 1. The van der Waals surface area contributed by atoms with Gasteiger partial charge in [0.1, 0.15) is 12.6 Å². The molecule has 0 saturated heterocycles. The maximum Gasteiger partial charge on any atom is 0.244 e. The molecule has 1 aliphatic carbocycles. The van der Waals surface area contributed by atoms with Crippen LogP contribution in [0.4, 0.5) is 5.69 Å². The van der Waals surface area contributed by atoms with Gasteiger partial charge in [-0.25, -0.2) is 8.42 Å². The van der Waals surface area contributed by atoms with Crippen molar-refractivity contribution in [1.29, 1.82) is 0 Å². The Morgan fingerprint density at radius 1 is 0.951 bits per heavy atom. The standard InChI is InChI=1S/C32H38BrN3O4S/c1-23-16-17-24(2)29(18-23)36(41(3,39)40)22-31(37)35(21-26-12-9-13-27(33)19-26)30(20-25-10-5-4-6-11-25)32(38)34-28-14-7-8-15-28/h4-6,9-13,16-19,28,30H,7-8,14-15,20-22H2,1-3H3,(H,34,38)/t30-/m1/s1. The van der Waals surface area contributed by atoms with Crippen molar-refractivity contribution in [1.82, 2.24) is 10.2 Å². The highest BCUT2D eigenvalue weighted by Crippen LogP contribution is 2.26. The molecule has 1 fully saturated rings. The summed E-state index contributed by atoms with van der Waals surface area (Å²) in [7, 11) is -3.81. The van der Waals surface area contributed by atoms with E-state index >= 15 is 0 Å². The molecule has 3 aromatic carbocycles. The molecule has 0 bridgehead atoms. The van der Waals surface area contributed by atoms with Gasteiger partial charge in [0, 0.05) is 23.5 Å². The highest BCUT2D eigenvalue weighted by Gasteiger charge is 2.34. The smallest absolute Gasteiger partial charge is 0.244 e. The van der Waals surface area contributed by atoms with Crippen LogP contribution in [0, 0.1) is 13.8 Å². The largest absolute Gasteiger partial charge is 0.352 e. The first kappa shape index (κ1) is 30.8. The molecule has 218 valence electrons. The molecule has 3 aromatic rings. The van der Waals surface area contributed by atoms with Gasteiger partial charge in [0.15, 0.2) is 0 Å². The van der Waals surface area contributed by atoms with Gasteiger partial charge in [-0.05, 0) is 67.1 Å². The second-order valence-corrected chi connectivity index (χ2v) is 13.7. The lowest BCUT2D eigenvalue weighted by Gasteiger charge is -2.34. The van der Waals surface area contributed by atoms with Gasteiger partial charge in [0.05, 0.1) is 11.9 Å². The number of aryl methyl sites for hydroxylation is 2. The minimum Gasteiger partial charge on any atom is -0.352 e. The number of rotatable bonds is 11. The summed E-state index contributed by atoms with van der Waals surface area (Å²) in [6.07, 6.45) is 5.37. The first-order valence-corrected chi connectivity index (χ1v) is 16.6. The van der Waals surface area contributed by atoms with Crippen LogP contribution in [0.3, 0.4) is 0 Å². The number of hydrogen-bond acceptors (Lipinski definition) is 4. The van der Waals surface area contributed by atoms with E-state index in [0.29, 0.717) is 12.1 Å². The van der Waals surface area contributed by atoms with Crippen LogP contribution < -0.4 is 9.62 Å². The first-order chi connectivity index (χ1) is 19.5. The summed E-state index contributed by atoms with van der Waals surface area (Å²) >= 11 is 3.51. The SMILES string of the molecule is Cc1ccc(C)c(N(CC(=O)N(Cc2cccc(Br)c2)[C@H](Cc2ccccc2)C(=O)NC2CCCC2)S(C)(=O)=O)c1. The minimum atomic E-state index is -3.81. The average Bonchev–Trinajstić information content (AvgIpc) is 3.43. The van der Waals surface area contributed by atoms with E-state index in [4.69, 9.17) is 0 Å². The van der Waals surface area contributed by atoms with Crippen molar-refractivity contribution in [3.8, 4) is 0 Å². The maximum atomic E-state index is 14.3. The summed E-state index contributed by atoms with van der Waals surface area (Å²) in [5.74, 6) is -0.666. The number of hydrogen-bond donors (Lipinski definition) is 1. The molecular formula is C32H38BrN3O4S. The molecule has 1 aliphatic rings. The van der Waals surface area contributed by atoms with Gasteiger partial charge in [-0.2, -0.15) is 0 Å². The number of amides is 2. The Balaban J connectivity index is 1.74. The van der Waals surface area contributed by atoms with Crippen molar-refractivity contribution in [2.75, 3.05) is 17.1 Å². The molecule has 0 unspecified atom stereocenters. The van der Waals surface area contributed by atoms with E-state index < -0.39 is 28.5 Å². The lowest BCUT2D eigenvalue weighted by molar-refractivity contribution is -0.140. The third-order valence-electron chi connectivity index (χ3n) is 7.53. The van der Waals surface area contributed by atoms with Crippen molar-refractivity contribution >= 4 is 43.5 Å². The molecule has 1 saturated carbocycles. The molecule has 2 amide bonds. The summed E-state index contributed by atoms with van der Waals surface area (Å²) in [6, 6.07) is 22.0. The van der Waals surface area contributed by atoms with Gasteiger partial charge in [-0.1, -0.05) is 83.4 Å². The zero-order valence-electron chi connectivity index (χ0n) is 23.8. The Hall–Kier alpha value is -3.17. The zero-order valence-corrected chi connectivity index (χ0v) is 26.2. The number of sulfonamides is 1. The molecule has 7 nitrogen and oxygen atoms in total. The van der Waals surface area contributed by atoms with Crippen LogP contribution in [0.15, 0.2) is 77.3 Å². The van der Waals surface area contributed by atoms with Crippen LogP contribution in [0.5, 0.6) is 0 Å². The summed E-state index contributed by atoms with van der Waals surface area (Å²) in [4.78, 5) is 29.7.